The van der Waals surface area contributed by atoms with Crippen molar-refractivity contribution < 1.29 is 14.3 Å². The highest BCUT2D eigenvalue weighted by molar-refractivity contribution is 9.10. The van der Waals surface area contributed by atoms with Crippen LogP contribution in [0.2, 0.25) is 19.1 Å². The summed E-state index contributed by atoms with van der Waals surface area (Å²) >= 11 is 3.68. The molecule has 0 saturated heterocycles. The lowest BCUT2D eigenvalue weighted by atomic mass is 10.0. The minimum Gasteiger partial charge on any atom is -0.493 e. The number of benzene rings is 2. The van der Waals surface area contributed by atoms with Crippen molar-refractivity contribution in [3.05, 3.63) is 51.5 Å². The molecule has 1 amide bonds. The van der Waals surface area contributed by atoms with E-state index in [1.54, 1.807) is 37.3 Å². The van der Waals surface area contributed by atoms with Crippen molar-refractivity contribution in [2.24, 2.45) is 0 Å². The minimum absolute atomic E-state index is 0.0814. The topological polar surface area (TPSA) is 38.8 Å². The van der Waals surface area contributed by atoms with Crippen LogP contribution in [0.1, 0.15) is 21.5 Å². The number of halogens is 1. The SMILES string of the molecule is COc1ccc(C(=O)N(C)c2cc3c(cc2Br)C[Si](C)(C)CC3)cc1OC. The average molecular weight is 448 g/mol. The van der Waals surface area contributed by atoms with E-state index >= 15 is 0 Å². The Hall–Kier alpha value is -1.79. The summed E-state index contributed by atoms with van der Waals surface area (Å²) in [5, 5.41) is 0. The Balaban J connectivity index is 1.92. The van der Waals surface area contributed by atoms with E-state index in [0.29, 0.717) is 17.1 Å². The molecule has 0 N–H and O–H groups in total. The Morgan fingerprint density at radius 1 is 1.07 bits per heavy atom. The molecule has 0 spiro atoms. The van der Waals surface area contributed by atoms with Gasteiger partial charge in [0.15, 0.2) is 11.5 Å². The highest BCUT2D eigenvalue weighted by Gasteiger charge is 2.28. The summed E-state index contributed by atoms with van der Waals surface area (Å²) in [6, 6.07) is 12.1. The molecule has 0 aliphatic carbocycles. The van der Waals surface area contributed by atoms with E-state index in [2.05, 4.69) is 41.2 Å². The number of ether oxygens (including phenoxy) is 2. The first-order valence-electron chi connectivity index (χ1n) is 9.07. The van der Waals surface area contributed by atoms with Crippen molar-refractivity contribution in [1.82, 2.24) is 0 Å². The van der Waals surface area contributed by atoms with Crippen molar-refractivity contribution in [3.8, 4) is 11.5 Å². The van der Waals surface area contributed by atoms with Crippen LogP contribution in [-0.2, 0) is 12.5 Å². The zero-order valence-corrected chi connectivity index (χ0v) is 19.1. The molecule has 4 nitrogen and oxygen atoms in total. The Morgan fingerprint density at radius 2 is 1.78 bits per heavy atom. The van der Waals surface area contributed by atoms with E-state index in [1.165, 1.54) is 23.2 Å². The molecule has 0 saturated carbocycles. The zero-order chi connectivity index (χ0) is 19.8. The molecule has 0 aromatic heterocycles. The summed E-state index contributed by atoms with van der Waals surface area (Å²) in [6.45, 7) is 4.90. The normalized spacial score (nSPS) is 15.0. The molecule has 0 radical (unpaired) electrons. The second-order valence-electron chi connectivity index (χ2n) is 7.85. The van der Waals surface area contributed by atoms with Gasteiger partial charge in [-0.3, -0.25) is 4.79 Å². The van der Waals surface area contributed by atoms with Crippen LogP contribution in [0.4, 0.5) is 5.69 Å². The number of methoxy groups -OCH3 is 2. The lowest BCUT2D eigenvalue weighted by molar-refractivity contribution is 0.0992. The van der Waals surface area contributed by atoms with Crippen LogP contribution < -0.4 is 14.4 Å². The summed E-state index contributed by atoms with van der Waals surface area (Å²) in [6.07, 6.45) is 1.10. The summed E-state index contributed by atoms with van der Waals surface area (Å²) < 4.78 is 11.6. The van der Waals surface area contributed by atoms with Crippen molar-refractivity contribution in [1.29, 1.82) is 0 Å². The monoisotopic (exact) mass is 447 g/mol. The molecule has 1 aliphatic heterocycles. The fourth-order valence-corrected chi connectivity index (χ4v) is 6.79. The van der Waals surface area contributed by atoms with E-state index < -0.39 is 8.07 Å². The zero-order valence-electron chi connectivity index (χ0n) is 16.6. The van der Waals surface area contributed by atoms with Crippen LogP contribution in [0, 0.1) is 0 Å². The Labute approximate surface area is 170 Å². The number of aryl methyl sites for hydroxylation is 1. The second-order valence-corrected chi connectivity index (χ2v) is 13.9. The van der Waals surface area contributed by atoms with E-state index in [-0.39, 0.29) is 5.91 Å². The highest BCUT2D eigenvalue weighted by Crippen LogP contribution is 2.36. The summed E-state index contributed by atoms with van der Waals surface area (Å²) in [5.74, 6) is 1.08. The predicted octanol–water partition coefficient (Wildman–Crippen LogP) is 5.09. The third-order valence-corrected chi connectivity index (χ3v) is 8.88. The molecule has 2 aromatic rings. The standard InChI is InChI=1S/C21H26BrNO3Si/c1-23(21(24)15-6-7-19(25-2)20(12-15)26-3)18-11-14-8-9-27(4,5)13-16(14)10-17(18)22/h6-7,10-12H,8-9,13H2,1-5H3. The van der Waals surface area contributed by atoms with E-state index in [0.717, 1.165) is 16.6 Å². The Morgan fingerprint density at radius 3 is 2.44 bits per heavy atom. The van der Waals surface area contributed by atoms with Gasteiger partial charge in [-0.15, -0.1) is 0 Å². The number of carbonyl (C=O) groups is 1. The molecule has 0 bridgehead atoms. The van der Waals surface area contributed by atoms with Gasteiger partial charge in [-0.25, -0.2) is 0 Å². The number of amides is 1. The lowest BCUT2D eigenvalue weighted by Gasteiger charge is -2.31. The third-order valence-electron chi connectivity index (χ3n) is 5.31. The lowest BCUT2D eigenvalue weighted by Crippen LogP contribution is -2.34. The van der Waals surface area contributed by atoms with E-state index in [4.69, 9.17) is 9.47 Å². The fourth-order valence-electron chi connectivity index (χ4n) is 3.65. The van der Waals surface area contributed by atoms with Gasteiger partial charge in [0.2, 0.25) is 0 Å². The first-order chi connectivity index (χ1) is 12.8. The molecule has 0 atom stereocenters. The number of nitrogens with zero attached hydrogens (tertiary/aromatic N) is 1. The molecule has 2 aromatic carbocycles. The molecular weight excluding hydrogens is 422 g/mol. The van der Waals surface area contributed by atoms with Gasteiger partial charge >= 0.3 is 0 Å². The van der Waals surface area contributed by atoms with Gasteiger partial charge in [-0.1, -0.05) is 19.1 Å². The van der Waals surface area contributed by atoms with Crippen molar-refractivity contribution in [2.75, 3.05) is 26.2 Å². The van der Waals surface area contributed by atoms with Gasteiger partial charge < -0.3 is 14.4 Å². The number of anilines is 1. The molecule has 27 heavy (non-hydrogen) atoms. The maximum atomic E-state index is 13.1. The molecule has 0 unspecified atom stereocenters. The fraction of sp³-hybridized carbons (Fsp3) is 0.381. The maximum Gasteiger partial charge on any atom is 0.258 e. The molecule has 1 heterocycles. The van der Waals surface area contributed by atoms with E-state index in [9.17, 15) is 4.79 Å². The van der Waals surface area contributed by atoms with Crippen LogP contribution >= 0.6 is 15.9 Å². The number of rotatable bonds is 4. The largest absolute Gasteiger partial charge is 0.493 e. The van der Waals surface area contributed by atoms with Gasteiger partial charge in [0.1, 0.15) is 0 Å². The molecule has 0 fully saturated rings. The van der Waals surface area contributed by atoms with E-state index in [1.807, 2.05) is 7.05 Å². The number of fused-ring (bicyclic) bond motifs is 1. The second kappa shape index (κ2) is 7.68. The van der Waals surface area contributed by atoms with Gasteiger partial charge in [0.25, 0.3) is 5.91 Å². The molecule has 144 valence electrons. The van der Waals surface area contributed by atoms with Gasteiger partial charge in [-0.05, 0) is 69.9 Å². The molecule has 3 rings (SSSR count). The predicted molar refractivity (Wildman–Crippen MR) is 116 cm³/mol. The summed E-state index contributed by atoms with van der Waals surface area (Å²) in [5.41, 5.74) is 4.26. The molecular formula is C21H26BrNO3Si. The van der Waals surface area contributed by atoms with Gasteiger partial charge in [-0.2, -0.15) is 0 Å². The maximum absolute atomic E-state index is 13.1. The minimum atomic E-state index is -1.13. The molecule has 1 aliphatic rings. The highest BCUT2D eigenvalue weighted by atomic mass is 79.9. The summed E-state index contributed by atoms with van der Waals surface area (Å²) in [7, 11) is 3.84. The number of hydrogen-bond acceptors (Lipinski definition) is 3. The first kappa shape index (κ1) is 20.0. The molecule has 6 heteroatoms. The first-order valence-corrected chi connectivity index (χ1v) is 13.3. The summed E-state index contributed by atoms with van der Waals surface area (Å²) in [4.78, 5) is 14.7. The van der Waals surface area contributed by atoms with Crippen LogP contribution in [0.5, 0.6) is 11.5 Å². The Kier molecular flexibility index (Phi) is 5.67. The smallest absolute Gasteiger partial charge is 0.258 e. The van der Waals surface area contributed by atoms with Crippen molar-refractivity contribution in [2.45, 2.75) is 31.6 Å². The number of carbonyl (C=O) groups excluding carboxylic acids is 1. The number of hydrogen-bond donors (Lipinski definition) is 0. The van der Waals surface area contributed by atoms with Crippen molar-refractivity contribution >= 4 is 35.6 Å². The van der Waals surface area contributed by atoms with Crippen LogP contribution in [0.25, 0.3) is 0 Å². The van der Waals surface area contributed by atoms with Crippen LogP contribution in [0.15, 0.2) is 34.8 Å². The van der Waals surface area contributed by atoms with Crippen LogP contribution in [0.3, 0.4) is 0 Å². The van der Waals surface area contributed by atoms with Crippen LogP contribution in [-0.4, -0.2) is 35.2 Å². The van der Waals surface area contributed by atoms with Crippen molar-refractivity contribution in [3.63, 3.8) is 0 Å². The Bertz CT molecular complexity index is 882. The average Bonchev–Trinajstić information content (AvgIpc) is 2.65. The van der Waals surface area contributed by atoms with Gasteiger partial charge in [0.05, 0.1) is 28.0 Å². The third kappa shape index (κ3) is 4.06. The quantitative estimate of drug-likeness (QED) is 0.612. The van der Waals surface area contributed by atoms with Gasteiger partial charge in [0, 0.05) is 17.1 Å².